The fraction of sp³-hybridized carbons (Fsp3) is 0. The zero-order chi connectivity index (χ0) is 2.00. The molecule has 0 amide bonds. The van der Waals surface area contributed by atoms with Crippen LogP contribution >= 0.6 is 0 Å². The average Bonchev–Trinajstić information content (AvgIpc) is 1.00. The van der Waals surface area contributed by atoms with E-state index in [9.17, 15) is 0 Å². The van der Waals surface area contributed by atoms with Crippen LogP contribution in [0.2, 0.25) is 0 Å². The summed E-state index contributed by atoms with van der Waals surface area (Å²) in [6.07, 6.45) is 0. The smallest absolute Gasteiger partial charge is 0.0388 e. The van der Waals surface area contributed by atoms with Gasteiger partial charge in [-0.05, 0) is 10.1 Å². The molecule has 0 aromatic heterocycles. The normalized spacial score (nSPS) is 2.00. The summed E-state index contributed by atoms with van der Waals surface area (Å²) in [4.78, 5) is 0. The molecule has 0 rings (SSSR count). The topological polar surface area (TPSA) is 0 Å². The summed E-state index contributed by atoms with van der Waals surface area (Å²) >= 11 is 0. The Labute approximate surface area is 56.6 Å². The Kier molecular flexibility index (Phi) is 107. The van der Waals surface area contributed by atoms with E-state index in [-0.39, 0.29) is 39.2 Å². The van der Waals surface area contributed by atoms with Crippen molar-refractivity contribution in [3.63, 3.8) is 0 Å². The molecule has 0 saturated carbocycles. The van der Waals surface area contributed by atoms with Gasteiger partial charge in [0, 0.05) is 46.6 Å². The molecule has 24 valence electrons. The third-order valence-corrected chi connectivity index (χ3v) is 0. The van der Waals surface area contributed by atoms with Crippen LogP contribution in [0, 0.1) is 0 Å². The summed E-state index contributed by atoms with van der Waals surface area (Å²) in [5.74, 6) is 0. The molecule has 0 heterocycles. The molecule has 0 nitrogen and oxygen atoms in total. The third-order valence-electron chi connectivity index (χ3n) is 0. The van der Waals surface area contributed by atoms with E-state index in [1.54, 1.807) is 0 Å². The van der Waals surface area contributed by atoms with E-state index in [0.717, 1.165) is 10.1 Å². The minimum Gasteiger partial charge on any atom is -0.0388 e. The van der Waals surface area contributed by atoms with Crippen LogP contribution < -0.4 is 0 Å². The van der Waals surface area contributed by atoms with Crippen molar-refractivity contribution in [3.05, 3.63) is 0 Å². The predicted molar refractivity (Wildman–Crippen MR) is 15.7 cm³/mol. The van der Waals surface area contributed by atoms with Crippen LogP contribution in [-0.4, -0.2) is 17.6 Å². The van der Waals surface area contributed by atoms with E-state index < -0.39 is 0 Å². The summed E-state index contributed by atoms with van der Waals surface area (Å²) < 4.78 is 0. The Morgan fingerprint density at radius 2 is 1.25 bits per heavy atom. The Morgan fingerprint density at radius 1 is 1.25 bits per heavy atom. The zero-order valence-corrected chi connectivity index (χ0v) is 8.61. The maximum Gasteiger partial charge on any atom is 0.0434 e. The fourth-order valence-electron chi connectivity index (χ4n) is 0. The minimum atomic E-state index is 0. The van der Waals surface area contributed by atoms with E-state index in [1.807, 2.05) is 0 Å². The van der Waals surface area contributed by atoms with E-state index >= 15 is 0 Å². The predicted octanol–water partition coefficient (Wildman–Crippen LogP) is -1.57. The van der Waals surface area contributed by atoms with Gasteiger partial charge in [-0.15, -0.1) is 0 Å². The molecule has 0 spiro atoms. The number of hydrogen-bond donors (Lipinski definition) is 0. The zero-order valence-electron chi connectivity index (χ0n) is 2.36. The molecule has 0 N–H and O–H groups in total. The molecular weight excluding hydrogens is 279 g/mol. The molecule has 0 fully saturated rings. The third kappa shape index (κ3) is 9.66. The summed E-state index contributed by atoms with van der Waals surface area (Å²) in [7, 11) is 5.44. The Morgan fingerprint density at radius 3 is 1.25 bits per heavy atom. The Bertz CT molecular complexity index is 8.00. The van der Waals surface area contributed by atoms with Gasteiger partial charge in [0.25, 0.3) is 0 Å². The SMILES string of the molecule is [B][SiH3].[Co].[Ta]. The molecule has 0 aromatic carbocycles. The molecule has 0 aliphatic rings. The quantitative estimate of drug-likeness (QED) is 0.471. The first-order chi connectivity index (χ1) is 1.00. The molecule has 4 heteroatoms. The average molecular weight is 282 g/mol. The van der Waals surface area contributed by atoms with E-state index in [2.05, 4.69) is 7.44 Å². The second-order valence-electron chi connectivity index (χ2n) is 0. The first-order valence-electron chi connectivity index (χ1n) is 0.577. The van der Waals surface area contributed by atoms with Crippen molar-refractivity contribution < 1.29 is 39.2 Å². The van der Waals surface area contributed by atoms with Crippen LogP contribution in [0.4, 0.5) is 0 Å². The van der Waals surface area contributed by atoms with Gasteiger partial charge in [0.15, 0.2) is 0 Å². The molecule has 0 saturated heterocycles. The second-order valence-corrected chi connectivity index (χ2v) is 0. The van der Waals surface area contributed by atoms with Crippen molar-refractivity contribution in [2.45, 2.75) is 0 Å². The number of rotatable bonds is 0. The molecule has 4 radical (unpaired) electrons. The molecule has 0 aliphatic heterocycles. The van der Waals surface area contributed by atoms with Crippen molar-refractivity contribution in [1.82, 2.24) is 0 Å². The summed E-state index contributed by atoms with van der Waals surface area (Å²) in [5.41, 5.74) is 0. The Balaban J connectivity index is -0.00000000500. The van der Waals surface area contributed by atoms with Crippen LogP contribution in [-0.2, 0) is 39.2 Å². The first kappa shape index (κ1) is 17.7. The van der Waals surface area contributed by atoms with Crippen LogP contribution in [0.3, 0.4) is 0 Å². The van der Waals surface area contributed by atoms with Crippen molar-refractivity contribution >= 4 is 17.6 Å². The van der Waals surface area contributed by atoms with E-state index in [0.29, 0.717) is 0 Å². The minimum absolute atomic E-state index is 0. The van der Waals surface area contributed by atoms with Crippen molar-refractivity contribution in [2.24, 2.45) is 0 Å². The molecular formula is H3BCoSiTa. The van der Waals surface area contributed by atoms with Gasteiger partial charge in [-0.1, -0.05) is 0 Å². The van der Waals surface area contributed by atoms with Crippen molar-refractivity contribution in [2.75, 3.05) is 0 Å². The standard InChI is InChI=1S/BH3Si.Co.Ta/c1-2;;/h2H3;;. The molecule has 0 bridgehead atoms. The number of hydrogen-bond acceptors (Lipinski definition) is 0. The van der Waals surface area contributed by atoms with Crippen LogP contribution in [0.25, 0.3) is 0 Å². The van der Waals surface area contributed by atoms with Gasteiger partial charge in [0.1, 0.15) is 0 Å². The Hall–Kier alpha value is 1.53. The van der Waals surface area contributed by atoms with Crippen LogP contribution in [0.1, 0.15) is 0 Å². The largest absolute Gasteiger partial charge is 0.0434 e. The fourth-order valence-corrected chi connectivity index (χ4v) is 0. The molecule has 0 unspecified atom stereocenters. The maximum absolute atomic E-state index is 4.64. The van der Waals surface area contributed by atoms with Crippen molar-refractivity contribution in [1.29, 1.82) is 0 Å². The summed E-state index contributed by atoms with van der Waals surface area (Å²) in [5, 5.41) is 0. The van der Waals surface area contributed by atoms with Crippen LogP contribution in [0.5, 0.6) is 0 Å². The van der Waals surface area contributed by atoms with Crippen molar-refractivity contribution in [3.8, 4) is 0 Å². The van der Waals surface area contributed by atoms with Gasteiger partial charge in [0.05, 0.1) is 0 Å². The van der Waals surface area contributed by atoms with Gasteiger partial charge in [-0.2, -0.15) is 0 Å². The van der Waals surface area contributed by atoms with Gasteiger partial charge in [-0.3, -0.25) is 0 Å². The van der Waals surface area contributed by atoms with Gasteiger partial charge in [0.2, 0.25) is 0 Å². The van der Waals surface area contributed by atoms with E-state index in [1.165, 1.54) is 0 Å². The van der Waals surface area contributed by atoms with Gasteiger partial charge < -0.3 is 0 Å². The summed E-state index contributed by atoms with van der Waals surface area (Å²) in [6.45, 7) is 0. The van der Waals surface area contributed by atoms with Crippen LogP contribution in [0.15, 0.2) is 0 Å². The molecule has 0 aromatic rings. The van der Waals surface area contributed by atoms with Gasteiger partial charge >= 0.3 is 0 Å². The van der Waals surface area contributed by atoms with E-state index in [4.69, 9.17) is 0 Å². The maximum atomic E-state index is 4.64. The first-order valence-corrected chi connectivity index (χ1v) is 1.73. The van der Waals surface area contributed by atoms with Gasteiger partial charge in [-0.25, -0.2) is 0 Å². The monoisotopic (exact) mass is 282 g/mol. The summed E-state index contributed by atoms with van der Waals surface area (Å²) in [6, 6.07) is 0. The molecule has 0 aliphatic carbocycles. The second kappa shape index (κ2) is 24.1. The molecule has 0 atom stereocenters. The molecule has 4 heavy (non-hydrogen) atoms.